The van der Waals surface area contributed by atoms with Gasteiger partial charge in [-0.15, -0.1) is 11.3 Å². The smallest absolute Gasteiger partial charge is 0.203 e. The van der Waals surface area contributed by atoms with Gasteiger partial charge in [0.2, 0.25) is 5.13 Å². The van der Waals surface area contributed by atoms with E-state index in [4.69, 9.17) is 16.3 Å². The standard InChI is InChI=1S/C22H24ClN3OS/c1-13(2)27-20-7-6-17(10-18(20)23)11-24-26-22-25-19(12-28-22)21-15(4)8-14(3)9-16(21)5/h6-13H,1-5H3,(H,25,26)/b24-11-. The van der Waals surface area contributed by atoms with Gasteiger partial charge in [-0.1, -0.05) is 29.3 Å². The topological polar surface area (TPSA) is 46.5 Å². The monoisotopic (exact) mass is 413 g/mol. The summed E-state index contributed by atoms with van der Waals surface area (Å²) in [4.78, 5) is 4.67. The van der Waals surface area contributed by atoms with E-state index in [9.17, 15) is 0 Å². The Morgan fingerprint density at radius 2 is 1.86 bits per heavy atom. The zero-order valence-electron chi connectivity index (χ0n) is 16.7. The van der Waals surface area contributed by atoms with Gasteiger partial charge >= 0.3 is 0 Å². The van der Waals surface area contributed by atoms with Crippen LogP contribution in [0, 0.1) is 20.8 Å². The summed E-state index contributed by atoms with van der Waals surface area (Å²) in [6.45, 7) is 10.3. The zero-order valence-corrected chi connectivity index (χ0v) is 18.3. The lowest BCUT2D eigenvalue weighted by molar-refractivity contribution is 0.242. The van der Waals surface area contributed by atoms with Crippen molar-refractivity contribution < 1.29 is 4.74 Å². The van der Waals surface area contributed by atoms with Gasteiger partial charge in [-0.05, 0) is 69.5 Å². The van der Waals surface area contributed by atoms with Gasteiger partial charge in [-0.3, -0.25) is 5.43 Å². The maximum atomic E-state index is 6.26. The Hall–Kier alpha value is -2.37. The third-order valence-electron chi connectivity index (χ3n) is 4.13. The number of aryl methyl sites for hydroxylation is 3. The average Bonchev–Trinajstić information content (AvgIpc) is 3.04. The molecule has 3 aromatic rings. The molecule has 146 valence electrons. The maximum absolute atomic E-state index is 6.26. The number of nitrogens with zero attached hydrogens (tertiary/aromatic N) is 2. The first-order valence-corrected chi connectivity index (χ1v) is 10.4. The van der Waals surface area contributed by atoms with Gasteiger partial charge < -0.3 is 4.74 Å². The number of hydrogen-bond donors (Lipinski definition) is 1. The minimum atomic E-state index is 0.0820. The third kappa shape index (κ3) is 4.91. The number of rotatable bonds is 6. The molecule has 28 heavy (non-hydrogen) atoms. The van der Waals surface area contributed by atoms with Crippen LogP contribution in [0.25, 0.3) is 11.3 Å². The predicted octanol–water partition coefficient (Wildman–Crippen LogP) is 6.62. The molecule has 0 bridgehead atoms. The van der Waals surface area contributed by atoms with Gasteiger partial charge in [-0.2, -0.15) is 5.10 Å². The molecule has 4 nitrogen and oxygen atoms in total. The Labute approximate surface area is 175 Å². The van der Waals surface area contributed by atoms with E-state index in [1.807, 2.05) is 32.0 Å². The van der Waals surface area contributed by atoms with E-state index in [-0.39, 0.29) is 6.10 Å². The molecule has 0 spiro atoms. The zero-order chi connectivity index (χ0) is 20.3. The first kappa shape index (κ1) is 20.4. The summed E-state index contributed by atoms with van der Waals surface area (Å²) in [5.74, 6) is 0.676. The van der Waals surface area contributed by atoms with Crippen LogP contribution in [0.2, 0.25) is 5.02 Å². The third-order valence-corrected chi connectivity index (χ3v) is 5.17. The van der Waals surface area contributed by atoms with Crippen LogP contribution in [0.4, 0.5) is 5.13 Å². The van der Waals surface area contributed by atoms with Crippen molar-refractivity contribution >= 4 is 34.3 Å². The molecule has 6 heteroatoms. The lowest BCUT2D eigenvalue weighted by atomic mass is 9.98. The summed E-state index contributed by atoms with van der Waals surface area (Å²) >= 11 is 7.80. The van der Waals surface area contributed by atoms with E-state index >= 15 is 0 Å². The van der Waals surface area contributed by atoms with E-state index in [2.05, 4.69) is 53.8 Å². The van der Waals surface area contributed by atoms with Crippen LogP contribution in [0.5, 0.6) is 5.75 Å². The highest BCUT2D eigenvalue weighted by Crippen LogP contribution is 2.31. The minimum Gasteiger partial charge on any atom is -0.489 e. The summed E-state index contributed by atoms with van der Waals surface area (Å²) in [5, 5.41) is 7.65. The highest BCUT2D eigenvalue weighted by atomic mass is 35.5. The van der Waals surface area contributed by atoms with Crippen LogP contribution >= 0.6 is 22.9 Å². The van der Waals surface area contributed by atoms with Crippen molar-refractivity contribution in [3.05, 3.63) is 63.0 Å². The second kappa shape index (κ2) is 8.76. The van der Waals surface area contributed by atoms with Gasteiger partial charge in [0.15, 0.2) is 0 Å². The maximum Gasteiger partial charge on any atom is 0.203 e. The molecule has 0 aliphatic rings. The van der Waals surface area contributed by atoms with Crippen LogP contribution in [-0.2, 0) is 0 Å². The average molecular weight is 414 g/mol. The number of hydrazone groups is 1. The van der Waals surface area contributed by atoms with E-state index in [1.165, 1.54) is 33.6 Å². The van der Waals surface area contributed by atoms with Crippen molar-refractivity contribution in [2.45, 2.75) is 40.7 Å². The second-order valence-electron chi connectivity index (χ2n) is 7.04. The van der Waals surface area contributed by atoms with Crippen LogP contribution < -0.4 is 10.2 Å². The van der Waals surface area contributed by atoms with Gasteiger partial charge in [0.1, 0.15) is 5.75 Å². The summed E-state index contributed by atoms with van der Waals surface area (Å²) in [6.07, 6.45) is 1.80. The van der Waals surface area contributed by atoms with E-state index in [0.29, 0.717) is 10.8 Å². The Balaban J connectivity index is 1.70. The molecule has 1 N–H and O–H groups in total. The fraction of sp³-hybridized carbons (Fsp3) is 0.273. The molecule has 0 aliphatic carbocycles. The summed E-state index contributed by atoms with van der Waals surface area (Å²) in [5.41, 5.74) is 9.77. The van der Waals surface area contributed by atoms with Crippen LogP contribution in [0.15, 0.2) is 40.8 Å². The number of benzene rings is 2. The molecule has 0 saturated carbocycles. The number of hydrogen-bond acceptors (Lipinski definition) is 5. The molecule has 0 unspecified atom stereocenters. The van der Waals surface area contributed by atoms with Crippen LogP contribution in [-0.4, -0.2) is 17.3 Å². The molecule has 0 saturated heterocycles. The van der Waals surface area contributed by atoms with Crippen LogP contribution in [0.1, 0.15) is 36.1 Å². The Bertz CT molecular complexity index is 988. The molecule has 2 aromatic carbocycles. The lowest BCUT2D eigenvalue weighted by Crippen LogP contribution is -2.05. The molecule has 0 atom stereocenters. The fourth-order valence-corrected chi connectivity index (χ4v) is 4.02. The van der Waals surface area contributed by atoms with Crippen molar-refractivity contribution in [1.82, 2.24) is 4.98 Å². The number of ether oxygens (including phenoxy) is 1. The van der Waals surface area contributed by atoms with E-state index in [0.717, 1.165) is 16.4 Å². The largest absolute Gasteiger partial charge is 0.489 e. The minimum absolute atomic E-state index is 0.0820. The summed E-state index contributed by atoms with van der Waals surface area (Å²) in [6, 6.07) is 9.97. The van der Waals surface area contributed by atoms with Gasteiger partial charge in [0.05, 0.1) is 23.0 Å². The second-order valence-corrected chi connectivity index (χ2v) is 8.30. The molecule has 1 aromatic heterocycles. The van der Waals surface area contributed by atoms with Crippen molar-refractivity contribution in [3.8, 4) is 17.0 Å². The molecule has 0 aliphatic heterocycles. The molecule has 1 heterocycles. The number of anilines is 1. The van der Waals surface area contributed by atoms with Gasteiger partial charge in [-0.25, -0.2) is 4.98 Å². The predicted molar refractivity (Wildman–Crippen MR) is 120 cm³/mol. The molecule has 0 fully saturated rings. The van der Waals surface area contributed by atoms with Gasteiger partial charge in [0.25, 0.3) is 0 Å². The number of aromatic nitrogens is 1. The fourth-order valence-electron chi connectivity index (χ4n) is 3.13. The highest BCUT2D eigenvalue weighted by Gasteiger charge is 2.10. The first-order valence-electron chi connectivity index (χ1n) is 9.12. The Morgan fingerprint density at radius 3 is 2.50 bits per heavy atom. The highest BCUT2D eigenvalue weighted by molar-refractivity contribution is 7.14. The number of nitrogens with one attached hydrogen (secondary N) is 1. The Morgan fingerprint density at radius 1 is 1.14 bits per heavy atom. The van der Waals surface area contributed by atoms with Crippen molar-refractivity contribution in [3.63, 3.8) is 0 Å². The first-order chi connectivity index (χ1) is 13.3. The molecule has 0 amide bonds. The summed E-state index contributed by atoms with van der Waals surface area (Å²) in [7, 11) is 0. The quantitative estimate of drug-likeness (QED) is 0.364. The summed E-state index contributed by atoms with van der Waals surface area (Å²) < 4.78 is 5.64. The number of thiazole rings is 1. The SMILES string of the molecule is Cc1cc(C)c(-c2csc(N/N=C\c3ccc(OC(C)C)c(Cl)c3)n2)c(C)c1. The van der Waals surface area contributed by atoms with Crippen molar-refractivity contribution in [2.75, 3.05) is 5.43 Å². The lowest BCUT2D eigenvalue weighted by Gasteiger charge is -2.11. The normalized spacial score (nSPS) is 11.4. The molecular weight excluding hydrogens is 390 g/mol. The molecular formula is C22H24ClN3OS. The Kier molecular flexibility index (Phi) is 6.37. The molecule has 0 radical (unpaired) electrons. The van der Waals surface area contributed by atoms with Crippen molar-refractivity contribution in [1.29, 1.82) is 0 Å². The van der Waals surface area contributed by atoms with Crippen molar-refractivity contribution in [2.24, 2.45) is 5.10 Å². The molecule has 3 rings (SSSR count). The number of halogens is 1. The van der Waals surface area contributed by atoms with E-state index < -0.39 is 0 Å². The van der Waals surface area contributed by atoms with Crippen LogP contribution in [0.3, 0.4) is 0 Å². The van der Waals surface area contributed by atoms with E-state index in [1.54, 1.807) is 6.21 Å². The van der Waals surface area contributed by atoms with Gasteiger partial charge in [0, 0.05) is 10.9 Å².